The molecule has 2 saturated heterocycles. The van der Waals surface area contributed by atoms with Crippen LogP contribution in [0.15, 0.2) is 18.5 Å². The number of likely N-dealkylation sites (tertiary alicyclic amines) is 1. The number of piperidine rings is 1. The number of nitrogens with zero attached hydrogens (tertiary/aromatic N) is 4. The molecule has 6 heteroatoms. The molecule has 0 saturated carbocycles. The van der Waals surface area contributed by atoms with Crippen molar-refractivity contribution in [2.45, 2.75) is 32.6 Å². The fourth-order valence-corrected chi connectivity index (χ4v) is 3.72. The smallest absolute Gasteiger partial charge is 0.225 e. The SMILES string of the molecule is C[C@H](CNC(=O)[C@H]1CCCN(c2ncccn2)C1)CN1CCCC1. The highest BCUT2D eigenvalue weighted by molar-refractivity contribution is 5.79. The van der Waals surface area contributed by atoms with E-state index in [4.69, 9.17) is 0 Å². The summed E-state index contributed by atoms with van der Waals surface area (Å²) in [5.74, 6) is 1.46. The van der Waals surface area contributed by atoms with Crippen molar-refractivity contribution < 1.29 is 4.79 Å². The van der Waals surface area contributed by atoms with Gasteiger partial charge in [0.15, 0.2) is 0 Å². The molecule has 0 spiro atoms. The summed E-state index contributed by atoms with van der Waals surface area (Å²) in [6.45, 7) is 8.17. The monoisotopic (exact) mass is 331 g/mol. The van der Waals surface area contributed by atoms with Gasteiger partial charge in [-0.25, -0.2) is 9.97 Å². The Kier molecular flexibility index (Phi) is 6.01. The lowest BCUT2D eigenvalue weighted by Crippen LogP contribution is -2.45. The molecule has 3 heterocycles. The minimum atomic E-state index is 0.0431. The maximum Gasteiger partial charge on any atom is 0.225 e. The quantitative estimate of drug-likeness (QED) is 0.857. The molecule has 1 aromatic heterocycles. The maximum atomic E-state index is 12.5. The molecule has 0 unspecified atom stereocenters. The zero-order valence-corrected chi connectivity index (χ0v) is 14.7. The van der Waals surface area contributed by atoms with Crippen molar-refractivity contribution in [3.8, 4) is 0 Å². The van der Waals surface area contributed by atoms with Gasteiger partial charge in [0, 0.05) is 38.6 Å². The van der Waals surface area contributed by atoms with Crippen LogP contribution in [0.2, 0.25) is 0 Å². The molecule has 1 amide bonds. The number of rotatable bonds is 6. The number of carbonyl (C=O) groups excluding carboxylic acids is 1. The molecule has 2 atom stereocenters. The fraction of sp³-hybridized carbons (Fsp3) is 0.722. The molecule has 0 aliphatic carbocycles. The molecular weight excluding hydrogens is 302 g/mol. The van der Waals surface area contributed by atoms with Gasteiger partial charge in [-0.15, -0.1) is 0 Å². The standard InChI is InChI=1S/C18H29N5O/c1-15(13-22-9-2-3-10-22)12-21-17(24)16-6-4-11-23(14-16)18-19-7-5-8-20-18/h5,7-8,15-16H,2-4,6,9-14H2,1H3,(H,21,24)/t15-,16+/m1/s1. The second kappa shape index (κ2) is 8.42. The summed E-state index contributed by atoms with van der Waals surface area (Å²) in [5.41, 5.74) is 0. The molecule has 2 fully saturated rings. The van der Waals surface area contributed by atoms with E-state index in [-0.39, 0.29) is 11.8 Å². The molecule has 3 rings (SSSR count). The van der Waals surface area contributed by atoms with Gasteiger partial charge in [-0.2, -0.15) is 0 Å². The van der Waals surface area contributed by atoms with Crippen LogP contribution in [0, 0.1) is 11.8 Å². The second-order valence-corrected chi connectivity index (χ2v) is 7.19. The van der Waals surface area contributed by atoms with Gasteiger partial charge in [0.2, 0.25) is 11.9 Å². The van der Waals surface area contributed by atoms with Crippen LogP contribution in [-0.4, -0.2) is 60.0 Å². The average Bonchev–Trinajstić information content (AvgIpc) is 3.13. The van der Waals surface area contributed by atoms with Crippen molar-refractivity contribution in [3.05, 3.63) is 18.5 Å². The van der Waals surface area contributed by atoms with E-state index in [1.165, 1.54) is 25.9 Å². The molecule has 2 aliphatic rings. The Morgan fingerprint density at radius 3 is 2.75 bits per heavy atom. The van der Waals surface area contributed by atoms with Crippen molar-refractivity contribution >= 4 is 11.9 Å². The lowest BCUT2D eigenvalue weighted by atomic mass is 9.97. The highest BCUT2D eigenvalue weighted by Gasteiger charge is 2.27. The summed E-state index contributed by atoms with van der Waals surface area (Å²) >= 11 is 0. The Morgan fingerprint density at radius 1 is 1.25 bits per heavy atom. The Labute approximate surface area is 144 Å². The first-order valence-electron chi connectivity index (χ1n) is 9.24. The van der Waals surface area contributed by atoms with Crippen molar-refractivity contribution in [3.63, 3.8) is 0 Å². The number of anilines is 1. The predicted octanol–water partition coefficient (Wildman–Crippen LogP) is 1.54. The lowest BCUT2D eigenvalue weighted by Gasteiger charge is -2.32. The van der Waals surface area contributed by atoms with Crippen LogP contribution < -0.4 is 10.2 Å². The minimum absolute atomic E-state index is 0.0431. The third-order valence-corrected chi connectivity index (χ3v) is 5.02. The Balaban J connectivity index is 1.44. The Bertz CT molecular complexity index is 517. The average molecular weight is 331 g/mol. The topological polar surface area (TPSA) is 61.4 Å². The van der Waals surface area contributed by atoms with E-state index >= 15 is 0 Å². The lowest BCUT2D eigenvalue weighted by molar-refractivity contribution is -0.125. The van der Waals surface area contributed by atoms with Crippen LogP contribution in [-0.2, 0) is 4.79 Å². The maximum absolute atomic E-state index is 12.5. The number of amides is 1. The van der Waals surface area contributed by atoms with Crippen LogP contribution in [0.4, 0.5) is 5.95 Å². The Morgan fingerprint density at radius 2 is 2.00 bits per heavy atom. The third kappa shape index (κ3) is 4.66. The number of carbonyl (C=O) groups is 1. The predicted molar refractivity (Wildman–Crippen MR) is 94.8 cm³/mol. The first-order valence-corrected chi connectivity index (χ1v) is 9.24. The van der Waals surface area contributed by atoms with E-state index in [1.54, 1.807) is 12.4 Å². The van der Waals surface area contributed by atoms with Gasteiger partial charge >= 0.3 is 0 Å². The van der Waals surface area contributed by atoms with Crippen LogP contribution in [0.25, 0.3) is 0 Å². The molecule has 0 aromatic carbocycles. The molecule has 1 aromatic rings. The molecule has 24 heavy (non-hydrogen) atoms. The van der Waals surface area contributed by atoms with Crippen molar-refractivity contribution in [2.24, 2.45) is 11.8 Å². The van der Waals surface area contributed by atoms with Gasteiger partial charge in [-0.3, -0.25) is 4.79 Å². The van der Waals surface area contributed by atoms with Crippen LogP contribution in [0.3, 0.4) is 0 Å². The normalized spacial score (nSPS) is 23.2. The Hall–Kier alpha value is -1.69. The molecule has 132 valence electrons. The van der Waals surface area contributed by atoms with Gasteiger partial charge in [0.1, 0.15) is 0 Å². The summed E-state index contributed by atoms with van der Waals surface area (Å²) in [6, 6.07) is 1.82. The number of aromatic nitrogens is 2. The van der Waals surface area contributed by atoms with Crippen LogP contribution in [0.5, 0.6) is 0 Å². The van der Waals surface area contributed by atoms with E-state index in [0.29, 0.717) is 5.92 Å². The van der Waals surface area contributed by atoms with Crippen molar-refractivity contribution in [2.75, 3.05) is 44.2 Å². The van der Waals surface area contributed by atoms with E-state index in [2.05, 4.69) is 32.0 Å². The first kappa shape index (κ1) is 17.1. The summed E-state index contributed by atoms with van der Waals surface area (Å²) in [5, 5.41) is 3.17. The zero-order valence-electron chi connectivity index (χ0n) is 14.7. The highest BCUT2D eigenvalue weighted by atomic mass is 16.1. The summed E-state index contributed by atoms with van der Waals surface area (Å²) in [7, 11) is 0. The van der Waals surface area contributed by atoms with E-state index in [9.17, 15) is 4.79 Å². The number of hydrogen-bond donors (Lipinski definition) is 1. The molecule has 0 bridgehead atoms. The van der Waals surface area contributed by atoms with E-state index in [1.807, 2.05) is 6.07 Å². The summed E-state index contributed by atoms with van der Waals surface area (Å²) < 4.78 is 0. The molecular formula is C18H29N5O. The zero-order chi connectivity index (χ0) is 16.8. The highest BCUT2D eigenvalue weighted by Crippen LogP contribution is 2.20. The van der Waals surface area contributed by atoms with Crippen molar-refractivity contribution in [1.82, 2.24) is 20.2 Å². The fourth-order valence-electron chi connectivity index (χ4n) is 3.72. The summed E-state index contributed by atoms with van der Waals surface area (Å²) in [6.07, 6.45) is 8.12. The van der Waals surface area contributed by atoms with E-state index in [0.717, 1.165) is 45.0 Å². The van der Waals surface area contributed by atoms with Crippen molar-refractivity contribution in [1.29, 1.82) is 0 Å². The second-order valence-electron chi connectivity index (χ2n) is 7.19. The molecule has 6 nitrogen and oxygen atoms in total. The summed E-state index contributed by atoms with van der Waals surface area (Å²) in [4.78, 5) is 25.8. The van der Waals surface area contributed by atoms with Gasteiger partial charge in [0.05, 0.1) is 5.92 Å². The number of nitrogens with one attached hydrogen (secondary N) is 1. The number of hydrogen-bond acceptors (Lipinski definition) is 5. The largest absolute Gasteiger partial charge is 0.355 e. The molecule has 0 radical (unpaired) electrons. The van der Waals surface area contributed by atoms with Crippen LogP contribution >= 0.6 is 0 Å². The van der Waals surface area contributed by atoms with Gasteiger partial charge < -0.3 is 15.1 Å². The van der Waals surface area contributed by atoms with Gasteiger partial charge in [-0.05, 0) is 50.8 Å². The third-order valence-electron chi connectivity index (χ3n) is 5.02. The van der Waals surface area contributed by atoms with Crippen LogP contribution in [0.1, 0.15) is 32.6 Å². The van der Waals surface area contributed by atoms with Gasteiger partial charge in [-0.1, -0.05) is 6.92 Å². The molecule has 2 aliphatic heterocycles. The molecule has 1 N–H and O–H groups in total. The minimum Gasteiger partial charge on any atom is -0.355 e. The first-order chi connectivity index (χ1) is 11.7. The van der Waals surface area contributed by atoms with E-state index < -0.39 is 0 Å². The van der Waals surface area contributed by atoms with Gasteiger partial charge in [0.25, 0.3) is 0 Å².